The van der Waals surface area contributed by atoms with Crippen LogP contribution in [-0.2, 0) is 11.2 Å². The molecule has 2 aliphatic rings. The Kier molecular flexibility index (Phi) is 6.18. The number of hydrogen-bond donors (Lipinski definition) is 0. The van der Waals surface area contributed by atoms with Crippen LogP contribution in [0.4, 0.5) is 5.69 Å². The van der Waals surface area contributed by atoms with Gasteiger partial charge >= 0.3 is 0 Å². The number of carbonyl (C=O) groups is 1. The van der Waals surface area contributed by atoms with Crippen LogP contribution in [0.3, 0.4) is 0 Å². The second kappa shape index (κ2) is 9.00. The van der Waals surface area contributed by atoms with Crippen molar-refractivity contribution in [3.8, 4) is 0 Å². The fourth-order valence-electron chi connectivity index (χ4n) is 4.19. The summed E-state index contributed by atoms with van der Waals surface area (Å²) in [6.07, 6.45) is 3.99. The quantitative estimate of drug-likeness (QED) is 0.757. The molecule has 0 atom stereocenters. The molecule has 0 bridgehead atoms. The molecule has 2 aromatic rings. The minimum atomic E-state index is 0.161. The first-order chi connectivity index (χ1) is 14.5. The summed E-state index contributed by atoms with van der Waals surface area (Å²) in [7, 11) is 2.10. The lowest BCUT2D eigenvalue weighted by molar-refractivity contribution is -0.131. The van der Waals surface area contributed by atoms with Crippen molar-refractivity contribution in [2.24, 2.45) is 0 Å². The van der Waals surface area contributed by atoms with Gasteiger partial charge in [0.25, 0.3) is 0 Å². The molecule has 1 fully saturated rings. The summed E-state index contributed by atoms with van der Waals surface area (Å²) in [5, 5.41) is 4.11. The Morgan fingerprint density at radius 3 is 2.63 bits per heavy atom. The summed E-state index contributed by atoms with van der Waals surface area (Å²) in [6.45, 7) is 9.41. The van der Waals surface area contributed by atoms with E-state index in [1.807, 2.05) is 4.90 Å². The minimum Gasteiger partial charge on any atom is -0.368 e. The van der Waals surface area contributed by atoms with E-state index in [2.05, 4.69) is 65.1 Å². The summed E-state index contributed by atoms with van der Waals surface area (Å²) in [5.74, 6) is 1.38. The van der Waals surface area contributed by atoms with Crippen LogP contribution in [-0.4, -0.2) is 72.2 Å². The highest BCUT2D eigenvalue weighted by Gasteiger charge is 2.23. The molecule has 0 unspecified atom stereocenters. The summed E-state index contributed by atoms with van der Waals surface area (Å²) in [6, 6.07) is 6.56. The van der Waals surface area contributed by atoms with E-state index >= 15 is 0 Å². The fourth-order valence-corrected chi connectivity index (χ4v) is 4.19. The van der Waals surface area contributed by atoms with Crippen LogP contribution in [0.5, 0.6) is 0 Å². The van der Waals surface area contributed by atoms with Gasteiger partial charge in [-0.15, -0.1) is 0 Å². The van der Waals surface area contributed by atoms with Crippen LogP contribution in [0.1, 0.15) is 35.7 Å². The SMILES string of the molecule is Cc1ccc(N2CCN(C(=O)CCc3nc(C4=CCN(C)CC4)no3)CC2)c(C)c1. The van der Waals surface area contributed by atoms with Gasteiger partial charge < -0.3 is 19.2 Å². The molecule has 7 heteroatoms. The third-order valence-corrected chi connectivity index (χ3v) is 6.05. The first-order valence-electron chi connectivity index (χ1n) is 10.8. The number of aromatic nitrogens is 2. The summed E-state index contributed by atoms with van der Waals surface area (Å²) in [5.41, 5.74) is 4.98. The Hall–Kier alpha value is -2.67. The molecule has 0 spiro atoms. The van der Waals surface area contributed by atoms with Gasteiger partial charge in [-0.3, -0.25) is 4.79 Å². The number of aryl methyl sites for hydroxylation is 3. The van der Waals surface area contributed by atoms with Crippen molar-refractivity contribution in [1.29, 1.82) is 0 Å². The van der Waals surface area contributed by atoms with Crippen LogP contribution < -0.4 is 4.90 Å². The van der Waals surface area contributed by atoms with E-state index < -0.39 is 0 Å². The van der Waals surface area contributed by atoms with Gasteiger partial charge in [-0.1, -0.05) is 28.9 Å². The molecular weight excluding hydrogens is 378 g/mol. The highest BCUT2D eigenvalue weighted by molar-refractivity contribution is 5.76. The normalized spacial score (nSPS) is 17.9. The van der Waals surface area contributed by atoms with Crippen molar-refractivity contribution in [1.82, 2.24) is 19.9 Å². The fraction of sp³-hybridized carbons (Fsp3) is 0.522. The highest BCUT2D eigenvalue weighted by Crippen LogP contribution is 2.23. The number of benzene rings is 1. The van der Waals surface area contributed by atoms with Crippen LogP contribution in [0.15, 0.2) is 28.8 Å². The van der Waals surface area contributed by atoms with Crippen LogP contribution in [0.2, 0.25) is 0 Å². The number of nitrogens with zero attached hydrogens (tertiary/aromatic N) is 5. The second-order valence-corrected chi connectivity index (χ2v) is 8.41. The molecule has 160 valence electrons. The molecule has 0 aliphatic carbocycles. The van der Waals surface area contributed by atoms with Crippen molar-refractivity contribution in [3.05, 3.63) is 47.1 Å². The largest absolute Gasteiger partial charge is 0.368 e. The number of piperazine rings is 1. The lowest BCUT2D eigenvalue weighted by atomic mass is 10.1. The summed E-state index contributed by atoms with van der Waals surface area (Å²) >= 11 is 0. The zero-order valence-corrected chi connectivity index (χ0v) is 18.2. The van der Waals surface area contributed by atoms with Gasteiger partial charge in [0.1, 0.15) is 0 Å². The molecule has 0 N–H and O–H groups in total. The Bertz CT molecular complexity index is 927. The van der Waals surface area contributed by atoms with Crippen molar-refractivity contribution in [2.45, 2.75) is 33.1 Å². The first-order valence-corrected chi connectivity index (χ1v) is 10.8. The molecule has 1 saturated heterocycles. The van der Waals surface area contributed by atoms with Crippen molar-refractivity contribution >= 4 is 17.2 Å². The molecule has 1 aromatic carbocycles. The standard InChI is InChI=1S/C23H31N5O2/c1-17-4-5-20(18(2)16-17)27-12-14-28(15-13-27)22(29)7-6-21-24-23(25-30-21)19-8-10-26(3)11-9-19/h4-5,8,16H,6-7,9-15H2,1-3H3. The smallest absolute Gasteiger partial charge is 0.227 e. The van der Waals surface area contributed by atoms with E-state index in [1.54, 1.807) is 0 Å². The molecule has 1 aromatic heterocycles. The number of likely N-dealkylation sites (N-methyl/N-ethyl adjacent to an activating group) is 1. The monoisotopic (exact) mass is 409 g/mol. The van der Waals surface area contributed by atoms with Gasteiger partial charge in [0, 0.05) is 57.8 Å². The zero-order valence-electron chi connectivity index (χ0n) is 18.2. The Balaban J connectivity index is 1.26. The maximum Gasteiger partial charge on any atom is 0.227 e. The third-order valence-electron chi connectivity index (χ3n) is 6.05. The predicted octanol–water partition coefficient (Wildman–Crippen LogP) is 2.69. The maximum atomic E-state index is 12.7. The second-order valence-electron chi connectivity index (χ2n) is 8.41. The van der Waals surface area contributed by atoms with Gasteiger partial charge in [-0.05, 0) is 44.5 Å². The first kappa shape index (κ1) is 20.6. The van der Waals surface area contributed by atoms with Gasteiger partial charge in [0.2, 0.25) is 11.8 Å². The van der Waals surface area contributed by atoms with E-state index in [-0.39, 0.29) is 5.91 Å². The van der Waals surface area contributed by atoms with E-state index in [0.717, 1.165) is 51.3 Å². The Morgan fingerprint density at radius 1 is 1.13 bits per heavy atom. The van der Waals surface area contributed by atoms with Gasteiger partial charge in [-0.2, -0.15) is 4.98 Å². The minimum absolute atomic E-state index is 0.161. The molecule has 30 heavy (non-hydrogen) atoms. The predicted molar refractivity (Wildman–Crippen MR) is 117 cm³/mol. The lowest BCUT2D eigenvalue weighted by Crippen LogP contribution is -2.49. The number of hydrogen-bond acceptors (Lipinski definition) is 6. The topological polar surface area (TPSA) is 65.7 Å². The van der Waals surface area contributed by atoms with Gasteiger partial charge in [0.05, 0.1) is 0 Å². The molecule has 0 saturated carbocycles. The van der Waals surface area contributed by atoms with Crippen molar-refractivity contribution in [3.63, 3.8) is 0 Å². The number of rotatable bonds is 5. The highest BCUT2D eigenvalue weighted by atomic mass is 16.5. The maximum absolute atomic E-state index is 12.7. The molecule has 3 heterocycles. The molecule has 2 aliphatic heterocycles. The van der Waals surface area contributed by atoms with Crippen molar-refractivity contribution < 1.29 is 9.32 Å². The van der Waals surface area contributed by atoms with E-state index in [4.69, 9.17) is 4.52 Å². The molecule has 0 radical (unpaired) electrons. The molecule has 7 nitrogen and oxygen atoms in total. The zero-order chi connectivity index (χ0) is 21.1. The number of carbonyl (C=O) groups excluding carboxylic acids is 1. The Labute approximate surface area is 178 Å². The van der Waals surface area contributed by atoms with E-state index in [9.17, 15) is 4.79 Å². The molecule has 4 rings (SSSR count). The van der Waals surface area contributed by atoms with E-state index in [0.29, 0.717) is 24.6 Å². The number of anilines is 1. The van der Waals surface area contributed by atoms with Gasteiger partial charge in [0.15, 0.2) is 5.82 Å². The van der Waals surface area contributed by atoms with Crippen LogP contribution in [0, 0.1) is 13.8 Å². The Morgan fingerprint density at radius 2 is 1.93 bits per heavy atom. The average Bonchev–Trinajstić information content (AvgIpc) is 3.22. The molecular formula is C23H31N5O2. The van der Waals surface area contributed by atoms with Gasteiger partial charge in [-0.25, -0.2) is 0 Å². The van der Waals surface area contributed by atoms with Crippen LogP contribution in [0.25, 0.3) is 5.57 Å². The average molecular weight is 410 g/mol. The molecule has 1 amide bonds. The third kappa shape index (κ3) is 4.73. The van der Waals surface area contributed by atoms with E-state index in [1.165, 1.54) is 16.8 Å². The number of amides is 1. The summed E-state index contributed by atoms with van der Waals surface area (Å²) in [4.78, 5) is 23.8. The van der Waals surface area contributed by atoms with Crippen molar-refractivity contribution in [2.75, 3.05) is 51.2 Å². The van der Waals surface area contributed by atoms with Crippen LogP contribution >= 0.6 is 0 Å². The summed E-state index contributed by atoms with van der Waals surface area (Å²) < 4.78 is 5.39. The lowest BCUT2D eigenvalue weighted by Gasteiger charge is -2.37.